The van der Waals surface area contributed by atoms with Gasteiger partial charge in [-0.2, -0.15) is 0 Å². The van der Waals surface area contributed by atoms with E-state index in [1.54, 1.807) is 11.3 Å². The highest BCUT2D eigenvalue weighted by Crippen LogP contribution is 2.38. The Kier molecular flexibility index (Phi) is 6.38. The first-order chi connectivity index (χ1) is 14.9. The molecule has 31 heavy (non-hydrogen) atoms. The molecule has 164 valence electrons. The Bertz CT molecular complexity index is 1080. The molecule has 1 aromatic carbocycles. The highest BCUT2D eigenvalue weighted by atomic mass is 32.1. The monoisotopic (exact) mass is 439 g/mol. The van der Waals surface area contributed by atoms with Gasteiger partial charge < -0.3 is 20.2 Å². The first kappa shape index (κ1) is 21.5. The summed E-state index contributed by atoms with van der Waals surface area (Å²) in [5, 5.41) is 25.7. The van der Waals surface area contributed by atoms with E-state index in [4.69, 9.17) is 0 Å². The maximum Gasteiger partial charge on any atom is 0.223 e. The number of nitrogens with zero attached hydrogens (tertiary/aromatic N) is 4. The predicted molar refractivity (Wildman–Crippen MR) is 126 cm³/mol. The number of benzene rings is 1. The zero-order valence-corrected chi connectivity index (χ0v) is 19.1. The number of aromatic nitrogens is 2. The fraction of sp³-hybridized carbons (Fsp3) is 0.435. The van der Waals surface area contributed by atoms with Gasteiger partial charge in [0.05, 0.1) is 5.69 Å². The second-order valence-corrected chi connectivity index (χ2v) is 9.38. The molecular formula is C23H29N5O2S. The van der Waals surface area contributed by atoms with Gasteiger partial charge in [0.15, 0.2) is 0 Å². The van der Waals surface area contributed by atoms with Crippen LogP contribution in [0.4, 0.5) is 5.82 Å². The van der Waals surface area contributed by atoms with Crippen molar-refractivity contribution in [1.29, 1.82) is 0 Å². The largest absolute Gasteiger partial charge is 0.507 e. The molecule has 0 saturated carbocycles. The number of hydrogen-bond donors (Lipinski definition) is 2. The lowest BCUT2D eigenvalue weighted by Gasteiger charge is -2.33. The van der Waals surface area contributed by atoms with Gasteiger partial charge in [-0.05, 0) is 69.1 Å². The number of thiophene rings is 1. The molecule has 0 spiro atoms. The van der Waals surface area contributed by atoms with Gasteiger partial charge in [0, 0.05) is 47.7 Å². The molecule has 1 atom stereocenters. The molecular weight excluding hydrogens is 410 g/mol. The Balaban J connectivity index is 1.45. The van der Waals surface area contributed by atoms with E-state index in [0.29, 0.717) is 30.0 Å². The number of carbonyl (C=O) groups excluding carboxylic acids is 1. The maximum absolute atomic E-state index is 12.5. The number of likely N-dealkylation sites (tertiary alicyclic amines) is 1. The molecule has 0 radical (unpaired) electrons. The minimum absolute atomic E-state index is 0.159. The van der Waals surface area contributed by atoms with Crippen molar-refractivity contribution in [3.63, 3.8) is 0 Å². The maximum atomic E-state index is 12.5. The molecule has 3 aromatic rings. The van der Waals surface area contributed by atoms with Gasteiger partial charge in [0.2, 0.25) is 5.91 Å². The van der Waals surface area contributed by atoms with E-state index in [2.05, 4.69) is 15.5 Å². The average Bonchev–Trinajstić information content (AvgIpc) is 3.23. The topological polar surface area (TPSA) is 81.6 Å². The van der Waals surface area contributed by atoms with Crippen LogP contribution in [-0.2, 0) is 4.79 Å². The van der Waals surface area contributed by atoms with Crippen molar-refractivity contribution in [2.24, 2.45) is 0 Å². The summed E-state index contributed by atoms with van der Waals surface area (Å²) in [6.07, 6.45) is 2.52. The molecule has 2 N–H and O–H groups in total. The lowest BCUT2D eigenvalue weighted by Crippen LogP contribution is -2.45. The van der Waals surface area contributed by atoms with Crippen LogP contribution in [0.15, 0.2) is 29.6 Å². The van der Waals surface area contributed by atoms with E-state index >= 15 is 0 Å². The van der Waals surface area contributed by atoms with Crippen LogP contribution in [0.2, 0.25) is 0 Å². The number of phenols is 1. The van der Waals surface area contributed by atoms with Crippen LogP contribution in [0.5, 0.6) is 5.75 Å². The summed E-state index contributed by atoms with van der Waals surface area (Å²) in [5.41, 5.74) is 2.31. The Morgan fingerprint density at radius 1 is 1.32 bits per heavy atom. The van der Waals surface area contributed by atoms with Gasteiger partial charge in [0.1, 0.15) is 11.6 Å². The van der Waals surface area contributed by atoms with Crippen LogP contribution in [-0.4, -0.2) is 70.8 Å². The third-order valence-corrected chi connectivity index (χ3v) is 6.63. The van der Waals surface area contributed by atoms with Crippen LogP contribution in [0.25, 0.3) is 21.3 Å². The summed E-state index contributed by atoms with van der Waals surface area (Å²) in [6, 6.07) is 7.95. The number of aryl methyl sites for hydroxylation is 1. The summed E-state index contributed by atoms with van der Waals surface area (Å²) in [7, 11) is 3.97. The predicted octanol–water partition coefficient (Wildman–Crippen LogP) is 3.73. The smallest absolute Gasteiger partial charge is 0.223 e. The van der Waals surface area contributed by atoms with Crippen molar-refractivity contribution < 1.29 is 9.90 Å². The molecule has 1 fully saturated rings. The third-order valence-electron chi connectivity index (χ3n) is 5.75. The Labute approximate surface area is 186 Å². The molecule has 1 unspecified atom stereocenters. The van der Waals surface area contributed by atoms with Crippen molar-refractivity contribution >= 4 is 33.1 Å². The molecule has 1 aliphatic rings. The number of amides is 1. The van der Waals surface area contributed by atoms with Crippen molar-refractivity contribution in [2.75, 3.05) is 39.0 Å². The molecule has 7 nitrogen and oxygen atoms in total. The second-order valence-electron chi connectivity index (χ2n) is 8.43. The molecule has 1 amide bonds. The zero-order chi connectivity index (χ0) is 22.0. The quantitative estimate of drug-likeness (QED) is 0.609. The molecule has 0 aliphatic carbocycles. The number of anilines is 1. The number of aromatic hydroxyl groups is 1. The third kappa shape index (κ3) is 4.80. The van der Waals surface area contributed by atoms with Crippen molar-refractivity contribution in [2.45, 2.75) is 32.2 Å². The summed E-state index contributed by atoms with van der Waals surface area (Å²) >= 11 is 1.60. The van der Waals surface area contributed by atoms with Crippen LogP contribution >= 0.6 is 11.3 Å². The lowest BCUT2D eigenvalue weighted by atomic mass is 10.0. The molecule has 0 bridgehead atoms. The average molecular weight is 440 g/mol. The molecule has 4 rings (SSSR count). The summed E-state index contributed by atoms with van der Waals surface area (Å²) < 4.78 is 1.05. The summed E-state index contributed by atoms with van der Waals surface area (Å²) in [5.74, 6) is 1.15. The molecule has 1 saturated heterocycles. The van der Waals surface area contributed by atoms with Crippen LogP contribution in [0, 0.1) is 6.92 Å². The van der Waals surface area contributed by atoms with Crippen molar-refractivity contribution in [3.05, 3.63) is 35.2 Å². The van der Waals surface area contributed by atoms with Gasteiger partial charge in [-0.1, -0.05) is 0 Å². The van der Waals surface area contributed by atoms with E-state index < -0.39 is 0 Å². The summed E-state index contributed by atoms with van der Waals surface area (Å²) in [4.78, 5) is 16.5. The van der Waals surface area contributed by atoms with E-state index in [1.165, 1.54) is 0 Å². The molecule has 1 aliphatic heterocycles. The minimum Gasteiger partial charge on any atom is -0.507 e. The molecule has 2 aromatic heterocycles. The van der Waals surface area contributed by atoms with Crippen molar-refractivity contribution in [1.82, 2.24) is 20.0 Å². The highest BCUT2D eigenvalue weighted by Gasteiger charge is 2.24. The van der Waals surface area contributed by atoms with Gasteiger partial charge in [-0.25, -0.2) is 0 Å². The highest BCUT2D eigenvalue weighted by molar-refractivity contribution is 7.17. The normalized spacial score (nSPS) is 16.8. The Morgan fingerprint density at radius 3 is 2.94 bits per heavy atom. The second kappa shape index (κ2) is 9.20. The van der Waals surface area contributed by atoms with Gasteiger partial charge in [-0.15, -0.1) is 21.5 Å². The van der Waals surface area contributed by atoms with Gasteiger partial charge in [-0.3, -0.25) is 4.79 Å². The van der Waals surface area contributed by atoms with E-state index in [0.717, 1.165) is 41.6 Å². The van der Waals surface area contributed by atoms with E-state index in [9.17, 15) is 9.90 Å². The molecule has 3 heterocycles. The van der Waals surface area contributed by atoms with Gasteiger partial charge in [0.25, 0.3) is 0 Å². The fourth-order valence-corrected chi connectivity index (χ4v) is 4.84. The number of piperidine rings is 1. The SMILES string of the molecule is Cc1cc(NC2CCCN(C(=O)CCN(C)C)C2)nnc1-c1ccc2sccc2c1O. The zero-order valence-electron chi connectivity index (χ0n) is 18.3. The van der Waals surface area contributed by atoms with Crippen LogP contribution in [0.3, 0.4) is 0 Å². The molecule has 8 heteroatoms. The summed E-state index contributed by atoms with van der Waals surface area (Å²) in [6.45, 7) is 4.25. The van der Waals surface area contributed by atoms with Crippen molar-refractivity contribution in [3.8, 4) is 17.0 Å². The lowest BCUT2D eigenvalue weighted by molar-refractivity contribution is -0.132. The number of carbonyl (C=O) groups is 1. The van der Waals surface area contributed by atoms with E-state index in [1.807, 2.05) is 60.5 Å². The minimum atomic E-state index is 0.159. The number of nitrogens with one attached hydrogen (secondary N) is 1. The van der Waals surface area contributed by atoms with Crippen LogP contribution in [0.1, 0.15) is 24.8 Å². The van der Waals surface area contributed by atoms with Gasteiger partial charge >= 0.3 is 0 Å². The van der Waals surface area contributed by atoms with E-state index in [-0.39, 0.29) is 17.7 Å². The number of phenolic OH excluding ortho intramolecular Hbond substituents is 1. The first-order valence-electron chi connectivity index (χ1n) is 10.7. The number of rotatable bonds is 6. The Morgan fingerprint density at radius 2 is 2.16 bits per heavy atom. The standard InChI is InChI=1S/C23H29N5O2S/c1-15-13-20(24-16-5-4-10-28(14-16)21(29)8-11-27(2)3)25-26-22(15)18-6-7-19-17(23(18)30)9-12-31-19/h6-7,9,12-13,16,30H,4-5,8,10-11,14H2,1-3H3,(H,24,25). The Hall–Kier alpha value is -2.71. The number of hydrogen-bond acceptors (Lipinski definition) is 7. The fourth-order valence-electron chi connectivity index (χ4n) is 4.05. The number of fused-ring (bicyclic) bond motifs is 1. The first-order valence-corrected chi connectivity index (χ1v) is 11.5. The van der Waals surface area contributed by atoms with Crippen LogP contribution < -0.4 is 5.32 Å².